The second kappa shape index (κ2) is 13.9. The lowest BCUT2D eigenvalue weighted by Crippen LogP contribution is -2.09. The van der Waals surface area contributed by atoms with Crippen LogP contribution in [0.2, 0.25) is 0 Å². The maximum Gasteiger partial charge on any atom is 0.143 e. The van der Waals surface area contributed by atoms with Crippen molar-refractivity contribution >= 4 is 82.1 Å². The van der Waals surface area contributed by atoms with Gasteiger partial charge in [0.15, 0.2) is 0 Å². The van der Waals surface area contributed by atoms with Crippen molar-refractivity contribution in [3.05, 3.63) is 224 Å². The minimum atomic E-state index is 0.866. The molecule has 2 heteroatoms. The summed E-state index contributed by atoms with van der Waals surface area (Å²) in [6, 6.07) is 81.0. The zero-order valence-corrected chi connectivity index (χ0v) is 32.7. The summed E-state index contributed by atoms with van der Waals surface area (Å²) in [5.41, 5.74) is 12.0. The number of hydrogen-bond donors (Lipinski definition) is 0. The highest BCUT2D eigenvalue weighted by Crippen LogP contribution is 2.45. The molecular formula is C58H37NO. The highest BCUT2D eigenvalue weighted by molar-refractivity contribution is 6.26. The van der Waals surface area contributed by atoms with Crippen molar-refractivity contribution in [3.63, 3.8) is 0 Å². The molecule has 0 spiro atoms. The zero-order valence-electron chi connectivity index (χ0n) is 32.7. The van der Waals surface area contributed by atoms with Gasteiger partial charge in [-0.1, -0.05) is 170 Å². The van der Waals surface area contributed by atoms with E-state index < -0.39 is 0 Å². The minimum absolute atomic E-state index is 0.866. The number of fused-ring (bicyclic) bond motifs is 10. The Morgan fingerprint density at radius 3 is 1.45 bits per heavy atom. The topological polar surface area (TPSA) is 16.4 Å². The molecule has 0 aliphatic rings. The van der Waals surface area contributed by atoms with Crippen LogP contribution < -0.4 is 4.90 Å². The average Bonchev–Trinajstić information content (AvgIpc) is 3.69. The summed E-state index contributed by atoms with van der Waals surface area (Å²) < 4.78 is 6.88. The molecule has 0 aliphatic carbocycles. The predicted octanol–water partition coefficient (Wildman–Crippen LogP) is 16.7. The third-order valence-corrected chi connectivity index (χ3v) is 12.2. The Labute approximate surface area is 347 Å². The maximum atomic E-state index is 6.88. The van der Waals surface area contributed by atoms with Gasteiger partial charge in [-0.25, -0.2) is 0 Å². The average molecular weight is 764 g/mol. The fourth-order valence-electron chi connectivity index (χ4n) is 9.36. The molecule has 0 saturated heterocycles. The van der Waals surface area contributed by atoms with Gasteiger partial charge in [0.1, 0.15) is 11.2 Å². The molecule has 1 aromatic heterocycles. The van der Waals surface area contributed by atoms with E-state index in [0.29, 0.717) is 0 Å². The van der Waals surface area contributed by atoms with E-state index in [1.807, 2.05) is 0 Å². The van der Waals surface area contributed by atoms with Crippen LogP contribution in [0.3, 0.4) is 0 Å². The van der Waals surface area contributed by atoms with Crippen molar-refractivity contribution in [3.8, 4) is 33.4 Å². The summed E-state index contributed by atoms with van der Waals surface area (Å²) in [5.74, 6) is 0. The number of para-hydroxylation sites is 1. The van der Waals surface area contributed by atoms with Crippen molar-refractivity contribution in [2.24, 2.45) is 0 Å². The monoisotopic (exact) mass is 763 g/mol. The van der Waals surface area contributed by atoms with Gasteiger partial charge in [-0.3, -0.25) is 0 Å². The van der Waals surface area contributed by atoms with E-state index in [-0.39, 0.29) is 0 Å². The summed E-state index contributed by atoms with van der Waals surface area (Å²) in [6.07, 6.45) is 0. The van der Waals surface area contributed by atoms with E-state index in [2.05, 4.69) is 229 Å². The number of benzene rings is 11. The van der Waals surface area contributed by atoms with Crippen LogP contribution >= 0.6 is 0 Å². The van der Waals surface area contributed by atoms with E-state index in [4.69, 9.17) is 4.42 Å². The molecule has 0 unspecified atom stereocenters. The molecule has 12 rings (SSSR count). The van der Waals surface area contributed by atoms with Gasteiger partial charge in [-0.15, -0.1) is 0 Å². The van der Waals surface area contributed by atoms with Crippen molar-refractivity contribution in [2.45, 2.75) is 0 Å². The van der Waals surface area contributed by atoms with Gasteiger partial charge in [0.05, 0.1) is 0 Å². The molecule has 2 nitrogen and oxygen atoms in total. The molecular weight excluding hydrogens is 727 g/mol. The molecule has 11 aromatic carbocycles. The normalized spacial score (nSPS) is 11.7. The lowest BCUT2D eigenvalue weighted by atomic mass is 9.91. The quantitative estimate of drug-likeness (QED) is 0.157. The standard InChI is InChI=1S/C58H37NO/c1-3-13-38(14-4-1)39-27-30-45(31-28-39)59(44-16-5-2-6-17-44)46-32-34-56-54(37-46)55-36-43-15-7-8-18-47(43)57(58(55)60-56)41-25-23-40(24-26-41)42-29-33-52-50-21-10-9-19-48(50)49-20-11-12-22-51(49)53(52)35-42/h1-37H. The molecule has 280 valence electrons. The zero-order chi connectivity index (χ0) is 39.6. The van der Waals surface area contributed by atoms with E-state index in [9.17, 15) is 0 Å². The first kappa shape index (κ1) is 34.1. The molecule has 12 aromatic rings. The number of furan rings is 1. The second-order valence-electron chi connectivity index (χ2n) is 15.6. The van der Waals surface area contributed by atoms with E-state index in [1.165, 1.54) is 65.3 Å². The Kier molecular flexibility index (Phi) is 7.89. The summed E-state index contributed by atoms with van der Waals surface area (Å²) in [7, 11) is 0. The van der Waals surface area contributed by atoms with Crippen molar-refractivity contribution in [1.82, 2.24) is 0 Å². The van der Waals surface area contributed by atoms with Gasteiger partial charge >= 0.3 is 0 Å². The Hall–Kier alpha value is -7.94. The summed E-state index contributed by atoms with van der Waals surface area (Å²) in [5, 5.41) is 12.3. The van der Waals surface area contributed by atoms with Crippen molar-refractivity contribution in [2.75, 3.05) is 4.90 Å². The Bertz CT molecular complexity index is 3530. The molecule has 0 amide bonds. The summed E-state index contributed by atoms with van der Waals surface area (Å²) in [6.45, 7) is 0. The SMILES string of the molecule is c1ccc(-c2ccc(N(c3ccccc3)c3ccc4oc5c(-c6ccc(-c7ccc8c9ccccc9c9ccccc9c8c7)cc6)c6ccccc6cc5c4c3)cc2)cc1. The van der Waals surface area contributed by atoms with Crippen LogP contribution in [0.1, 0.15) is 0 Å². The largest absolute Gasteiger partial charge is 0.455 e. The van der Waals surface area contributed by atoms with Gasteiger partial charge in [0.2, 0.25) is 0 Å². The first-order valence-electron chi connectivity index (χ1n) is 20.6. The van der Waals surface area contributed by atoms with Crippen LogP contribution in [0.15, 0.2) is 229 Å². The van der Waals surface area contributed by atoms with E-state index >= 15 is 0 Å². The fourth-order valence-corrected chi connectivity index (χ4v) is 9.36. The third-order valence-electron chi connectivity index (χ3n) is 12.2. The number of anilines is 3. The van der Waals surface area contributed by atoms with Crippen molar-refractivity contribution < 1.29 is 4.42 Å². The predicted molar refractivity (Wildman–Crippen MR) is 255 cm³/mol. The number of hydrogen-bond acceptors (Lipinski definition) is 2. The Morgan fingerprint density at radius 1 is 0.267 bits per heavy atom. The van der Waals surface area contributed by atoms with E-state index in [1.54, 1.807) is 0 Å². The van der Waals surface area contributed by atoms with Gasteiger partial charge in [0.25, 0.3) is 0 Å². The first-order valence-corrected chi connectivity index (χ1v) is 20.6. The number of rotatable bonds is 6. The fraction of sp³-hybridized carbons (Fsp3) is 0. The Balaban J connectivity index is 0.978. The Morgan fingerprint density at radius 2 is 0.750 bits per heavy atom. The smallest absolute Gasteiger partial charge is 0.143 e. The van der Waals surface area contributed by atoms with Crippen LogP contribution in [0.5, 0.6) is 0 Å². The van der Waals surface area contributed by atoms with Gasteiger partial charge in [-0.05, 0) is 126 Å². The van der Waals surface area contributed by atoms with Crippen LogP contribution in [-0.2, 0) is 0 Å². The second-order valence-corrected chi connectivity index (χ2v) is 15.6. The number of nitrogens with zero attached hydrogens (tertiary/aromatic N) is 1. The molecule has 0 aliphatic heterocycles. The first-order chi connectivity index (χ1) is 29.7. The molecule has 0 radical (unpaired) electrons. The summed E-state index contributed by atoms with van der Waals surface area (Å²) in [4.78, 5) is 2.33. The third kappa shape index (κ3) is 5.57. The van der Waals surface area contributed by atoms with Crippen LogP contribution in [0.25, 0.3) is 98.4 Å². The van der Waals surface area contributed by atoms with Crippen LogP contribution in [0.4, 0.5) is 17.1 Å². The lowest BCUT2D eigenvalue weighted by Gasteiger charge is -2.25. The van der Waals surface area contributed by atoms with Crippen LogP contribution in [-0.4, -0.2) is 0 Å². The van der Waals surface area contributed by atoms with Gasteiger partial charge in [0, 0.05) is 33.4 Å². The molecule has 1 heterocycles. The highest BCUT2D eigenvalue weighted by atomic mass is 16.3. The molecule has 60 heavy (non-hydrogen) atoms. The highest BCUT2D eigenvalue weighted by Gasteiger charge is 2.20. The molecule has 0 bridgehead atoms. The van der Waals surface area contributed by atoms with Crippen molar-refractivity contribution in [1.29, 1.82) is 0 Å². The molecule has 0 fully saturated rings. The maximum absolute atomic E-state index is 6.88. The van der Waals surface area contributed by atoms with Gasteiger partial charge in [-0.2, -0.15) is 0 Å². The molecule has 0 saturated carbocycles. The molecule has 0 atom stereocenters. The minimum Gasteiger partial charge on any atom is -0.455 e. The van der Waals surface area contributed by atoms with Crippen LogP contribution in [0, 0.1) is 0 Å². The summed E-state index contributed by atoms with van der Waals surface area (Å²) >= 11 is 0. The molecule has 0 N–H and O–H groups in total. The van der Waals surface area contributed by atoms with Gasteiger partial charge < -0.3 is 9.32 Å². The lowest BCUT2D eigenvalue weighted by molar-refractivity contribution is 0.670. The van der Waals surface area contributed by atoms with E-state index in [0.717, 1.165) is 50.1 Å².